The number of hydrogen-bond acceptors (Lipinski definition) is 2. The first-order chi connectivity index (χ1) is 10.1. The van der Waals surface area contributed by atoms with Gasteiger partial charge in [0.25, 0.3) is 0 Å². The number of aryl methyl sites for hydroxylation is 2. The van der Waals surface area contributed by atoms with Crippen LogP contribution in [0.25, 0.3) is 22.3 Å². The van der Waals surface area contributed by atoms with Gasteiger partial charge in [0, 0.05) is 11.3 Å². The molecule has 0 aliphatic carbocycles. The fraction of sp³-hybridized carbons (Fsp3) is 0.100. The lowest BCUT2D eigenvalue weighted by molar-refractivity contribution is 1.45. The average molecular weight is 290 g/mol. The van der Waals surface area contributed by atoms with Gasteiger partial charge in [-0.05, 0) is 36.6 Å². The molecule has 0 aliphatic heterocycles. The maximum Gasteiger partial charge on any atom is 0.0400 e. The van der Waals surface area contributed by atoms with Crippen molar-refractivity contribution in [3.8, 4) is 22.3 Å². The Morgan fingerprint density at radius 3 is 1.86 bits per heavy atom. The summed E-state index contributed by atoms with van der Waals surface area (Å²) in [4.78, 5) is 0. The van der Waals surface area contributed by atoms with Gasteiger partial charge in [-0.25, -0.2) is 0 Å². The van der Waals surface area contributed by atoms with E-state index in [1.54, 1.807) is 0 Å². The Morgan fingerprint density at radius 2 is 1.23 bits per heavy atom. The molecular formula is C20H22N2. The van der Waals surface area contributed by atoms with Gasteiger partial charge in [-0.3, -0.25) is 0 Å². The molecule has 0 amide bonds. The van der Waals surface area contributed by atoms with Crippen molar-refractivity contribution in [2.24, 2.45) is 0 Å². The largest absolute Gasteiger partial charge is 0.398 e. The Bertz CT molecular complexity index is 791. The monoisotopic (exact) mass is 290 g/mol. The number of benzene rings is 3. The maximum absolute atomic E-state index is 6.28. The van der Waals surface area contributed by atoms with Crippen molar-refractivity contribution in [2.45, 2.75) is 13.8 Å². The zero-order valence-corrected chi connectivity index (χ0v) is 13.1. The van der Waals surface area contributed by atoms with E-state index in [1.165, 1.54) is 27.8 Å². The number of anilines is 1. The molecule has 0 saturated heterocycles. The summed E-state index contributed by atoms with van der Waals surface area (Å²) in [6.45, 7) is 4.22. The molecule has 5 N–H and O–H groups in total. The number of nitrogens with two attached hydrogens (primary N) is 1. The van der Waals surface area contributed by atoms with Crippen molar-refractivity contribution in [3.63, 3.8) is 0 Å². The summed E-state index contributed by atoms with van der Waals surface area (Å²) in [5, 5.41) is 0. The summed E-state index contributed by atoms with van der Waals surface area (Å²) >= 11 is 0. The van der Waals surface area contributed by atoms with E-state index in [0.29, 0.717) is 0 Å². The van der Waals surface area contributed by atoms with Crippen molar-refractivity contribution in [1.29, 1.82) is 0 Å². The molecule has 3 aromatic rings. The molecule has 2 nitrogen and oxygen atoms in total. The first-order valence-electron chi connectivity index (χ1n) is 7.18. The Labute approximate surface area is 132 Å². The Kier molecular flexibility index (Phi) is 4.64. The van der Waals surface area contributed by atoms with Crippen LogP contribution < -0.4 is 11.9 Å². The highest BCUT2D eigenvalue weighted by Crippen LogP contribution is 2.36. The molecule has 2 heteroatoms. The van der Waals surface area contributed by atoms with E-state index in [2.05, 4.69) is 68.4 Å². The minimum Gasteiger partial charge on any atom is -0.398 e. The Hall–Kier alpha value is -2.58. The van der Waals surface area contributed by atoms with E-state index in [1.807, 2.05) is 12.1 Å². The third-order valence-corrected chi connectivity index (χ3v) is 3.73. The molecule has 0 spiro atoms. The molecule has 0 aromatic heterocycles. The van der Waals surface area contributed by atoms with E-state index in [0.717, 1.165) is 11.3 Å². The van der Waals surface area contributed by atoms with Crippen LogP contribution in [0.5, 0.6) is 0 Å². The van der Waals surface area contributed by atoms with Crippen molar-refractivity contribution in [1.82, 2.24) is 6.15 Å². The van der Waals surface area contributed by atoms with Gasteiger partial charge in [-0.2, -0.15) is 0 Å². The number of hydrogen-bond donors (Lipinski definition) is 2. The molecule has 0 radical (unpaired) electrons. The predicted molar refractivity (Wildman–Crippen MR) is 96.2 cm³/mol. The molecule has 0 aliphatic rings. The minimum absolute atomic E-state index is 0. The zero-order valence-electron chi connectivity index (χ0n) is 13.1. The first-order valence-corrected chi connectivity index (χ1v) is 7.18. The minimum atomic E-state index is 0. The smallest absolute Gasteiger partial charge is 0.0400 e. The van der Waals surface area contributed by atoms with Gasteiger partial charge < -0.3 is 11.9 Å². The molecule has 3 rings (SSSR count). The van der Waals surface area contributed by atoms with Gasteiger partial charge in [0.15, 0.2) is 0 Å². The highest BCUT2D eigenvalue weighted by atomic mass is 14.6. The summed E-state index contributed by atoms with van der Waals surface area (Å²) in [5.74, 6) is 0. The molecule has 112 valence electrons. The Balaban J connectivity index is 0.00000176. The predicted octanol–water partition coefficient (Wildman–Crippen LogP) is 5.38. The second kappa shape index (κ2) is 6.46. The third-order valence-electron chi connectivity index (χ3n) is 3.73. The second-order valence-electron chi connectivity index (χ2n) is 5.51. The van der Waals surface area contributed by atoms with Gasteiger partial charge in [0.2, 0.25) is 0 Å². The quantitative estimate of drug-likeness (QED) is 0.622. The van der Waals surface area contributed by atoms with Crippen LogP contribution in [0.4, 0.5) is 5.69 Å². The fourth-order valence-electron chi connectivity index (χ4n) is 2.75. The maximum atomic E-state index is 6.28. The summed E-state index contributed by atoms with van der Waals surface area (Å²) < 4.78 is 0. The molecule has 22 heavy (non-hydrogen) atoms. The topological polar surface area (TPSA) is 61.0 Å². The van der Waals surface area contributed by atoms with Crippen molar-refractivity contribution in [3.05, 3.63) is 77.9 Å². The van der Waals surface area contributed by atoms with E-state index in [4.69, 9.17) is 5.73 Å². The van der Waals surface area contributed by atoms with Crippen LogP contribution in [0.3, 0.4) is 0 Å². The summed E-state index contributed by atoms with van der Waals surface area (Å²) in [7, 11) is 0. The van der Waals surface area contributed by atoms with Crippen molar-refractivity contribution in [2.75, 3.05) is 5.73 Å². The fourth-order valence-corrected chi connectivity index (χ4v) is 2.75. The van der Waals surface area contributed by atoms with Gasteiger partial charge >= 0.3 is 0 Å². The first kappa shape index (κ1) is 15.8. The molecule has 0 saturated carbocycles. The third kappa shape index (κ3) is 3.02. The molecule has 0 bridgehead atoms. The molecule has 0 atom stereocenters. The van der Waals surface area contributed by atoms with Crippen LogP contribution in [-0.2, 0) is 0 Å². The van der Waals surface area contributed by atoms with Crippen molar-refractivity contribution < 1.29 is 0 Å². The number of rotatable bonds is 2. The van der Waals surface area contributed by atoms with Crippen LogP contribution in [0, 0.1) is 13.8 Å². The second-order valence-corrected chi connectivity index (χ2v) is 5.51. The molecular weight excluding hydrogens is 268 g/mol. The Morgan fingerprint density at radius 1 is 0.682 bits per heavy atom. The molecule has 0 unspecified atom stereocenters. The molecule has 0 fully saturated rings. The standard InChI is InChI=1S/C20H19N.H3N/c1-14-6-3-8-16(12-14)18-10-5-11-19(21)20(18)17-9-4-7-15(2)13-17;/h3-13H,21H2,1-2H3;1H3. The van der Waals surface area contributed by atoms with Gasteiger partial charge in [0.05, 0.1) is 0 Å². The van der Waals surface area contributed by atoms with Gasteiger partial charge in [-0.15, -0.1) is 0 Å². The molecule has 3 aromatic carbocycles. The van der Waals surface area contributed by atoms with Crippen LogP contribution in [0.15, 0.2) is 66.7 Å². The van der Waals surface area contributed by atoms with E-state index < -0.39 is 0 Å². The molecule has 0 heterocycles. The SMILES string of the molecule is Cc1cccc(-c2cccc(N)c2-c2cccc(C)c2)c1.N. The van der Waals surface area contributed by atoms with E-state index in [-0.39, 0.29) is 6.15 Å². The van der Waals surface area contributed by atoms with Crippen LogP contribution >= 0.6 is 0 Å². The lowest BCUT2D eigenvalue weighted by Gasteiger charge is -2.14. The number of nitrogen functional groups attached to an aromatic ring is 1. The summed E-state index contributed by atoms with van der Waals surface area (Å²) in [6.07, 6.45) is 0. The van der Waals surface area contributed by atoms with Crippen LogP contribution in [0.1, 0.15) is 11.1 Å². The van der Waals surface area contributed by atoms with Crippen LogP contribution in [-0.4, -0.2) is 0 Å². The normalized spacial score (nSPS) is 10.1. The highest BCUT2D eigenvalue weighted by molar-refractivity contribution is 5.91. The lowest BCUT2D eigenvalue weighted by Crippen LogP contribution is -1.94. The summed E-state index contributed by atoms with van der Waals surface area (Å²) in [5.41, 5.74) is 14.3. The van der Waals surface area contributed by atoms with Gasteiger partial charge in [0.1, 0.15) is 0 Å². The summed E-state index contributed by atoms with van der Waals surface area (Å²) in [6, 6.07) is 23.2. The van der Waals surface area contributed by atoms with Crippen molar-refractivity contribution >= 4 is 5.69 Å². The lowest BCUT2D eigenvalue weighted by atomic mass is 9.92. The van der Waals surface area contributed by atoms with Gasteiger partial charge in [-0.1, -0.05) is 71.8 Å². The highest BCUT2D eigenvalue weighted by Gasteiger charge is 2.10. The van der Waals surface area contributed by atoms with E-state index in [9.17, 15) is 0 Å². The average Bonchev–Trinajstić information content (AvgIpc) is 2.47. The van der Waals surface area contributed by atoms with Crippen LogP contribution in [0.2, 0.25) is 0 Å². The zero-order chi connectivity index (χ0) is 14.8. The van der Waals surface area contributed by atoms with E-state index >= 15 is 0 Å².